The van der Waals surface area contributed by atoms with Crippen LogP contribution >= 0.6 is 0 Å². The molecule has 1 atom stereocenters. The molecular weight excluding hydrogens is 162 g/mol. The van der Waals surface area contributed by atoms with Crippen molar-refractivity contribution in [1.29, 1.82) is 0 Å². The lowest BCUT2D eigenvalue weighted by atomic mass is 10.2. The fourth-order valence-corrected chi connectivity index (χ4v) is 1.91. The van der Waals surface area contributed by atoms with Gasteiger partial charge in [0.1, 0.15) is 0 Å². The smallest absolute Gasteiger partial charge is 0.0518 e. The number of ether oxygens (including phenoxy) is 1. The molecular formula is C11H23NO. The van der Waals surface area contributed by atoms with Crippen molar-refractivity contribution in [2.45, 2.75) is 52.2 Å². The van der Waals surface area contributed by atoms with Gasteiger partial charge in [-0.25, -0.2) is 0 Å². The van der Waals surface area contributed by atoms with Crippen LogP contribution in [0.2, 0.25) is 0 Å². The first-order valence-corrected chi connectivity index (χ1v) is 5.56. The molecule has 0 aromatic rings. The van der Waals surface area contributed by atoms with Crippen LogP contribution in [0, 0.1) is 0 Å². The summed E-state index contributed by atoms with van der Waals surface area (Å²) in [5.74, 6) is 0. The molecule has 1 aliphatic heterocycles. The molecule has 2 nitrogen and oxygen atoms in total. The van der Waals surface area contributed by atoms with E-state index in [0.29, 0.717) is 6.10 Å². The molecule has 0 N–H and O–H groups in total. The Morgan fingerprint density at radius 1 is 1.46 bits per heavy atom. The van der Waals surface area contributed by atoms with Crippen molar-refractivity contribution in [2.75, 3.05) is 19.7 Å². The summed E-state index contributed by atoms with van der Waals surface area (Å²) in [7, 11) is 0. The van der Waals surface area contributed by atoms with Crippen molar-refractivity contribution in [3.05, 3.63) is 0 Å². The zero-order valence-electron chi connectivity index (χ0n) is 9.25. The van der Waals surface area contributed by atoms with Gasteiger partial charge in [-0.1, -0.05) is 0 Å². The van der Waals surface area contributed by atoms with Gasteiger partial charge in [0.2, 0.25) is 0 Å². The third-order valence-electron chi connectivity index (χ3n) is 2.73. The van der Waals surface area contributed by atoms with Crippen LogP contribution in [0.15, 0.2) is 0 Å². The van der Waals surface area contributed by atoms with E-state index in [2.05, 4.69) is 25.7 Å². The van der Waals surface area contributed by atoms with Crippen LogP contribution in [-0.2, 0) is 4.74 Å². The molecule has 1 heterocycles. The molecule has 0 radical (unpaired) electrons. The molecule has 1 fully saturated rings. The number of rotatable bonds is 5. The minimum absolute atomic E-state index is 0.385. The summed E-state index contributed by atoms with van der Waals surface area (Å²) >= 11 is 0. The van der Waals surface area contributed by atoms with Crippen molar-refractivity contribution in [2.24, 2.45) is 0 Å². The van der Waals surface area contributed by atoms with Crippen LogP contribution in [0.1, 0.15) is 40.0 Å². The first-order valence-electron chi connectivity index (χ1n) is 5.56. The van der Waals surface area contributed by atoms with E-state index in [4.69, 9.17) is 4.74 Å². The molecule has 0 bridgehead atoms. The van der Waals surface area contributed by atoms with E-state index in [1.807, 2.05) is 0 Å². The Morgan fingerprint density at radius 3 is 2.77 bits per heavy atom. The maximum Gasteiger partial charge on any atom is 0.0518 e. The number of likely N-dealkylation sites (tertiary alicyclic amines) is 1. The second kappa shape index (κ2) is 5.61. The van der Waals surface area contributed by atoms with Crippen LogP contribution in [-0.4, -0.2) is 36.7 Å². The highest BCUT2D eigenvalue weighted by Gasteiger charge is 2.18. The zero-order valence-corrected chi connectivity index (χ0v) is 9.25. The molecule has 78 valence electrons. The van der Waals surface area contributed by atoms with E-state index in [0.717, 1.165) is 12.6 Å². The number of hydrogen-bond acceptors (Lipinski definition) is 2. The summed E-state index contributed by atoms with van der Waals surface area (Å²) in [5.41, 5.74) is 0. The van der Waals surface area contributed by atoms with Gasteiger partial charge in [0.25, 0.3) is 0 Å². The highest BCUT2D eigenvalue weighted by molar-refractivity contribution is 4.74. The van der Waals surface area contributed by atoms with Crippen molar-refractivity contribution in [1.82, 2.24) is 4.90 Å². The summed E-state index contributed by atoms with van der Waals surface area (Å²) in [5, 5.41) is 0. The molecule has 0 aromatic carbocycles. The van der Waals surface area contributed by atoms with Gasteiger partial charge < -0.3 is 9.64 Å². The molecule has 2 heteroatoms. The Labute approximate surface area is 82.3 Å². The van der Waals surface area contributed by atoms with Gasteiger partial charge in [0.05, 0.1) is 6.10 Å². The standard InChI is InChI=1S/C11H23NO/c1-10(2)13-9-5-8-12-7-4-6-11(12)3/h10-11H,4-9H2,1-3H3/t11-/m0/s1. The van der Waals surface area contributed by atoms with E-state index in [-0.39, 0.29) is 0 Å². The van der Waals surface area contributed by atoms with Gasteiger partial charge in [-0.15, -0.1) is 0 Å². The lowest BCUT2D eigenvalue weighted by Crippen LogP contribution is -2.28. The molecule has 1 rings (SSSR count). The van der Waals surface area contributed by atoms with Gasteiger partial charge in [-0.05, 0) is 46.6 Å². The number of hydrogen-bond donors (Lipinski definition) is 0. The molecule has 0 aromatic heterocycles. The van der Waals surface area contributed by atoms with Crippen LogP contribution in [0.5, 0.6) is 0 Å². The quantitative estimate of drug-likeness (QED) is 0.609. The minimum Gasteiger partial charge on any atom is -0.379 e. The fourth-order valence-electron chi connectivity index (χ4n) is 1.91. The molecule has 0 saturated carbocycles. The van der Waals surface area contributed by atoms with E-state index < -0.39 is 0 Å². The van der Waals surface area contributed by atoms with Gasteiger partial charge in [-0.2, -0.15) is 0 Å². The van der Waals surface area contributed by atoms with Crippen molar-refractivity contribution in [3.63, 3.8) is 0 Å². The molecule has 0 amide bonds. The molecule has 1 saturated heterocycles. The van der Waals surface area contributed by atoms with E-state index in [1.54, 1.807) is 0 Å². The van der Waals surface area contributed by atoms with E-state index in [9.17, 15) is 0 Å². The SMILES string of the molecule is CC(C)OCCCN1CCC[C@@H]1C. The van der Waals surface area contributed by atoms with E-state index in [1.165, 1.54) is 32.4 Å². The average Bonchev–Trinajstić information content (AvgIpc) is 2.45. The maximum absolute atomic E-state index is 5.51. The molecule has 0 unspecified atom stereocenters. The fraction of sp³-hybridized carbons (Fsp3) is 1.00. The Bertz CT molecular complexity index is 136. The Morgan fingerprint density at radius 2 is 2.23 bits per heavy atom. The third kappa shape index (κ3) is 4.10. The van der Waals surface area contributed by atoms with Crippen molar-refractivity contribution in [3.8, 4) is 0 Å². The molecule has 0 aliphatic carbocycles. The summed E-state index contributed by atoms with van der Waals surface area (Å²) in [6, 6.07) is 0.805. The molecule has 0 spiro atoms. The molecule has 13 heavy (non-hydrogen) atoms. The largest absolute Gasteiger partial charge is 0.379 e. The van der Waals surface area contributed by atoms with Gasteiger partial charge in [-0.3, -0.25) is 0 Å². The van der Waals surface area contributed by atoms with Gasteiger partial charge >= 0.3 is 0 Å². The first-order chi connectivity index (χ1) is 6.20. The predicted octanol–water partition coefficient (Wildman–Crippen LogP) is 2.29. The summed E-state index contributed by atoms with van der Waals surface area (Å²) in [4.78, 5) is 2.57. The lowest BCUT2D eigenvalue weighted by Gasteiger charge is -2.20. The normalized spacial score (nSPS) is 24.5. The lowest BCUT2D eigenvalue weighted by molar-refractivity contribution is 0.0701. The van der Waals surface area contributed by atoms with Crippen LogP contribution in [0.4, 0.5) is 0 Å². The first kappa shape index (κ1) is 11.0. The summed E-state index contributed by atoms with van der Waals surface area (Å²) in [6.45, 7) is 9.95. The van der Waals surface area contributed by atoms with Crippen LogP contribution in [0.25, 0.3) is 0 Å². The Hall–Kier alpha value is -0.0800. The topological polar surface area (TPSA) is 12.5 Å². The molecule has 1 aliphatic rings. The monoisotopic (exact) mass is 185 g/mol. The zero-order chi connectivity index (χ0) is 9.68. The van der Waals surface area contributed by atoms with E-state index >= 15 is 0 Å². The second-order valence-corrected chi connectivity index (χ2v) is 4.30. The summed E-state index contributed by atoms with van der Waals surface area (Å²) in [6.07, 6.45) is 4.33. The maximum atomic E-state index is 5.51. The third-order valence-corrected chi connectivity index (χ3v) is 2.73. The highest BCUT2D eigenvalue weighted by Crippen LogP contribution is 2.16. The Balaban J connectivity index is 1.99. The van der Waals surface area contributed by atoms with Crippen molar-refractivity contribution < 1.29 is 4.74 Å². The highest BCUT2D eigenvalue weighted by atomic mass is 16.5. The van der Waals surface area contributed by atoms with Gasteiger partial charge in [0, 0.05) is 19.2 Å². The second-order valence-electron chi connectivity index (χ2n) is 4.30. The van der Waals surface area contributed by atoms with Crippen molar-refractivity contribution >= 4 is 0 Å². The Kier molecular flexibility index (Phi) is 4.74. The average molecular weight is 185 g/mol. The summed E-state index contributed by atoms with van der Waals surface area (Å²) < 4.78 is 5.51. The number of nitrogens with zero attached hydrogens (tertiary/aromatic N) is 1. The minimum atomic E-state index is 0.385. The predicted molar refractivity (Wildman–Crippen MR) is 56.0 cm³/mol. The van der Waals surface area contributed by atoms with Crippen LogP contribution < -0.4 is 0 Å². The van der Waals surface area contributed by atoms with Gasteiger partial charge in [0.15, 0.2) is 0 Å². The van der Waals surface area contributed by atoms with Crippen LogP contribution in [0.3, 0.4) is 0 Å².